The SMILES string of the molecule is N#Cc1ccc(OCC(=O)c2ccc3c(c2)OCCCO3)cc1. The first-order chi connectivity index (χ1) is 11.3. The van der Waals surface area contributed by atoms with Crippen LogP contribution in [0.3, 0.4) is 0 Å². The fourth-order valence-electron chi connectivity index (χ4n) is 2.19. The highest BCUT2D eigenvalue weighted by Gasteiger charge is 2.14. The molecular weight excluding hydrogens is 294 g/mol. The van der Waals surface area contributed by atoms with Gasteiger partial charge in [0.15, 0.2) is 23.9 Å². The Morgan fingerprint density at radius 2 is 1.83 bits per heavy atom. The van der Waals surface area contributed by atoms with E-state index in [-0.39, 0.29) is 12.4 Å². The van der Waals surface area contributed by atoms with Crippen LogP contribution >= 0.6 is 0 Å². The average Bonchev–Trinajstić information content (AvgIpc) is 2.84. The molecule has 23 heavy (non-hydrogen) atoms. The van der Waals surface area contributed by atoms with Crippen molar-refractivity contribution >= 4 is 5.78 Å². The number of hydrogen-bond acceptors (Lipinski definition) is 5. The molecule has 0 bridgehead atoms. The van der Waals surface area contributed by atoms with Gasteiger partial charge in [-0.05, 0) is 42.5 Å². The van der Waals surface area contributed by atoms with Gasteiger partial charge in [0.25, 0.3) is 0 Å². The lowest BCUT2D eigenvalue weighted by Gasteiger charge is -2.09. The van der Waals surface area contributed by atoms with E-state index in [4.69, 9.17) is 19.5 Å². The molecule has 0 aromatic heterocycles. The second-order valence-electron chi connectivity index (χ2n) is 5.06. The lowest BCUT2D eigenvalue weighted by Crippen LogP contribution is -2.11. The topological polar surface area (TPSA) is 68.5 Å². The number of benzene rings is 2. The van der Waals surface area contributed by atoms with Crippen LogP contribution in [0.25, 0.3) is 0 Å². The van der Waals surface area contributed by atoms with Crippen LogP contribution in [0.1, 0.15) is 22.3 Å². The predicted octanol–water partition coefficient (Wildman–Crippen LogP) is 2.98. The second kappa shape index (κ2) is 6.84. The van der Waals surface area contributed by atoms with Crippen LogP contribution < -0.4 is 14.2 Å². The Hall–Kier alpha value is -3.00. The predicted molar refractivity (Wildman–Crippen MR) is 83.0 cm³/mol. The number of fused-ring (bicyclic) bond motifs is 1. The molecule has 1 heterocycles. The number of ketones is 1. The smallest absolute Gasteiger partial charge is 0.200 e. The minimum atomic E-state index is -0.148. The van der Waals surface area contributed by atoms with Crippen LogP contribution in [0.2, 0.25) is 0 Å². The summed E-state index contributed by atoms with van der Waals surface area (Å²) in [6, 6.07) is 13.8. The van der Waals surface area contributed by atoms with Gasteiger partial charge in [0, 0.05) is 12.0 Å². The Balaban J connectivity index is 1.66. The minimum absolute atomic E-state index is 0.0778. The first kappa shape index (κ1) is 14.9. The number of Topliss-reactive ketones (excluding diaryl/α,β-unsaturated/α-hetero) is 1. The quantitative estimate of drug-likeness (QED) is 0.812. The molecule has 3 rings (SSSR count). The fraction of sp³-hybridized carbons (Fsp3) is 0.222. The van der Waals surface area contributed by atoms with Crippen LogP contribution in [0.4, 0.5) is 0 Å². The monoisotopic (exact) mass is 309 g/mol. The van der Waals surface area contributed by atoms with E-state index in [0.29, 0.717) is 41.6 Å². The number of ether oxygens (including phenoxy) is 3. The third-order valence-corrected chi connectivity index (χ3v) is 3.42. The highest BCUT2D eigenvalue weighted by molar-refractivity contribution is 5.97. The number of nitriles is 1. The van der Waals surface area contributed by atoms with E-state index in [1.54, 1.807) is 42.5 Å². The highest BCUT2D eigenvalue weighted by atomic mass is 16.5. The molecule has 2 aromatic rings. The molecule has 2 aromatic carbocycles. The summed E-state index contributed by atoms with van der Waals surface area (Å²) in [6.45, 7) is 1.11. The maximum Gasteiger partial charge on any atom is 0.200 e. The van der Waals surface area contributed by atoms with Gasteiger partial charge in [0.1, 0.15) is 5.75 Å². The van der Waals surface area contributed by atoms with Crippen molar-refractivity contribution in [2.24, 2.45) is 0 Å². The summed E-state index contributed by atoms with van der Waals surface area (Å²) in [5, 5.41) is 8.75. The standard InChI is InChI=1S/C18H15NO4/c19-11-13-2-5-15(6-3-13)23-12-16(20)14-4-7-17-18(10-14)22-9-1-8-21-17/h2-7,10H,1,8-9,12H2. The van der Waals surface area contributed by atoms with Gasteiger partial charge in [-0.15, -0.1) is 0 Å². The normalized spacial score (nSPS) is 12.8. The molecule has 0 saturated carbocycles. The molecule has 0 N–H and O–H groups in total. The fourth-order valence-corrected chi connectivity index (χ4v) is 2.19. The van der Waals surface area contributed by atoms with Gasteiger partial charge >= 0.3 is 0 Å². The Kier molecular flexibility index (Phi) is 4.44. The lowest BCUT2D eigenvalue weighted by molar-refractivity contribution is 0.0921. The van der Waals surface area contributed by atoms with Gasteiger partial charge in [-0.25, -0.2) is 0 Å². The van der Waals surface area contributed by atoms with E-state index in [0.717, 1.165) is 6.42 Å². The molecule has 0 amide bonds. The van der Waals surface area contributed by atoms with Crippen molar-refractivity contribution in [3.05, 3.63) is 53.6 Å². The van der Waals surface area contributed by atoms with Crippen LogP contribution in [0.15, 0.2) is 42.5 Å². The number of hydrogen-bond donors (Lipinski definition) is 0. The van der Waals surface area contributed by atoms with Crippen molar-refractivity contribution in [2.75, 3.05) is 19.8 Å². The number of nitrogens with zero attached hydrogens (tertiary/aromatic N) is 1. The molecule has 0 radical (unpaired) electrons. The maximum atomic E-state index is 12.2. The highest BCUT2D eigenvalue weighted by Crippen LogP contribution is 2.30. The van der Waals surface area contributed by atoms with Gasteiger partial charge in [0.2, 0.25) is 0 Å². The zero-order valence-corrected chi connectivity index (χ0v) is 12.5. The molecule has 1 aliphatic rings. The van der Waals surface area contributed by atoms with E-state index >= 15 is 0 Å². The summed E-state index contributed by atoms with van der Waals surface area (Å²) < 4.78 is 16.6. The van der Waals surface area contributed by atoms with Gasteiger partial charge in [-0.3, -0.25) is 4.79 Å². The van der Waals surface area contributed by atoms with Crippen molar-refractivity contribution < 1.29 is 19.0 Å². The van der Waals surface area contributed by atoms with Crippen molar-refractivity contribution in [1.82, 2.24) is 0 Å². The van der Waals surface area contributed by atoms with E-state index < -0.39 is 0 Å². The molecule has 0 atom stereocenters. The summed E-state index contributed by atoms with van der Waals surface area (Å²) in [6.07, 6.45) is 0.819. The summed E-state index contributed by atoms with van der Waals surface area (Å²) in [4.78, 5) is 12.2. The first-order valence-corrected chi connectivity index (χ1v) is 7.32. The largest absolute Gasteiger partial charge is 0.490 e. The van der Waals surface area contributed by atoms with Crippen molar-refractivity contribution in [2.45, 2.75) is 6.42 Å². The zero-order chi connectivity index (χ0) is 16.1. The zero-order valence-electron chi connectivity index (χ0n) is 12.5. The van der Waals surface area contributed by atoms with Crippen LogP contribution in [-0.2, 0) is 0 Å². The molecular formula is C18H15NO4. The average molecular weight is 309 g/mol. The summed E-state index contributed by atoms with van der Waals surface area (Å²) in [5.74, 6) is 1.65. The Bertz CT molecular complexity index is 747. The lowest BCUT2D eigenvalue weighted by atomic mass is 10.1. The summed E-state index contributed by atoms with van der Waals surface area (Å²) in [5.41, 5.74) is 1.06. The first-order valence-electron chi connectivity index (χ1n) is 7.32. The maximum absolute atomic E-state index is 12.2. The molecule has 0 aliphatic carbocycles. The third kappa shape index (κ3) is 3.61. The van der Waals surface area contributed by atoms with Gasteiger partial charge in [-0.2, -0.15) is 5.26 Å². The molecule has 116 valence electrons. The van der Waals surface area contributed by atoms with Gasteiger partial charge in [0.05, 0.1) is 24.8 Å². The van der Waals surface area contributed by atoms with E-state index in [9.17, 15) is 4.79 Å². The molecule has 5 heteroatoms. The second-order valence-corrected chi connectivity index (χ2v) is 5.06. The van der Waals surface area contributed by atoms with E-state index in [2.05, 4.69) is 0 Å². The molecule has 1 aliphatic heterocycles. The molecule has 0 fully saturated rings. The molecule has 5 nitrogen and oxygen atoms in total. The van der Waals surface area contributed by atoms with Crippen molar-refractivity contribution in [3.63, 3.8) is 0 Å². The van der Waals surface area contributed by atoms with Crippen molar-refractivity contribution in [1.29, 1.82) is 5.26 Å². The molecule has 0 saturated heterocycles. The Morgan fingerprint density at radius 1 is 1.09 bits per heavy atom. The van der Waals surface area contributed by atoms with Crippen LogP contribution in [0.5, 0.6) is 17.2 Å². The van der Waals surface area contributed by atoms with E-state index in [1.165, 1.54) is 0 Å². The van der Waals surface area contributed by atoms with Crippen molar-refractivity contribution in [3.8, 4) is 23.3 Å². The number of rotatable bonds is 4. The van der Waals surface area contributed by atoms with Crippen LogP contribution in [-0.4, -0.2) is 25.6 Å². The number of carbonyl (C=O) groups excluding carboxylic acids is 1. The van der Waals surface area contributed by atoms with Crippen LogP contribution in [0, 0.1) is 11.3 Å². The van der Waals surface area contributed by atoms with Gasteiger partial charge in [-0.1, -0.05) is 0 Å². The molecule has 0 unspecified atom stereocenters. The summed E-state index contributed by atoms with van der Waals surface area (Å²) >= 11 is 0. The molecule has 0 spiro atoms. The number of carbonyl (C=O) groups is 1. The van der Waals surface area contributed by atoms with E-state index in [1.807, 2.05) is 6.07 Å². The Labute approximate surface area is 134 Å². The minimum Gasteiger partial charge on any atom is -0.490 e. The third-order valence-electron chi connectivity index (χ3n) is 3.42. The van der Waals surface area contributed by atoms with Gasteiger partial charge < -0.3 is 14.2 Å². The Morgan fingerprint density at radius 3 is 2.57 bits per heavy atom. The summed E-state index contributed by atoms with van der Waals surface area (Å²) in [7, 11) is 0.